The van der Waals surface area contributed by atoms with Crippen LogP contribution in [0.5, 0.6) is 0 Å². The fourth-order valence-electron chi connectivity index (χ4n) is 3.33. The summed E-state index contributed by atoms with van der Waals surface area (Å²) >= 11 is 0. The molecule has 0 spiro atoms. The van der Waals surface area contributed by atoms with E-state index in [4.69, 9.17) is 5.11 Å². The lowest BCUT2D eigenvalue weighted by Gasteiger charge is -2.18. The molecule has 1 aromatic heterocycles. The molecule has 0 radical (unpaired) electrons. The summed E-state index contributed by atoms with van der Waals surface area (Å²) in [4.78, 5) is 25.4. The number of aromatic nitrogens is 1. The van der Waals surface area contributed by atoms with E-state index < -0.39 is 5.97 Å². The molecule has 1 aromatic carbocycles. The topological polar surface area (TPSA) is 62.5 Å². The van der Waals surface area contributed by atoms with E-state index in [0.29, 0.717) is 18.7 Å². The monoisotopic (exact) mass is 374 g/mol. The van der Waals surface area contributed by atoms with Crippen LogP contribution in [0.2, 0.25) is 0 Å². The molecule has 1 N–H and O–H groups in total. The van der Waals surface area contributed by atoms with Crippen LogP contribution < -0.4 is 0 Å². The molecule has 0 unspecified atom stereocenters. The Hall–Kier alpha value is -2.47. The van der Waals surface area contributed by atoms with Crippen molar-refractivity contribution in [1.82, 2.24) is 9.47 Å². The van der Waals surface area contributed by atoms with Crippen molar-refractivity contribution in [2.75, 3.05) is 19.6 Å². The number of ketones is 1. The molecule has 0 amide bonds. The van der Waals surface area contributed by atoms with Crippen LogP contribution in [0.15, 0.2) is 30.3 Å². The van der Waals surface area contributed by atoms with E-state index in [1.807, 2.05) is 26.8 Å². The van der Waals surface area contributed by atoms with Gasteiger partial charge in [-0.3, -0.25) is 14.5 Å². The van der Waals surface area contributed by atoms with Crippen molar-refractivity contribution in [1.29, 1.82) is 0 Å². The predicted molar refractivity (Wildman–Crippen MR) is 103 cm³/mol. The molecule has 5 nitrogen and oxygen atoms in total. The molecule has 0 aliphatic rings. The number of halogens is 1. The second kappa shape index (κ2) is 9.46. The average Bonchev–Trinajstić information content (AvgIpc) is 2.88. The summed E-state index contributed by atoms with van der Waals surface area (Å²) in [5, 5.41) is 9.01. The van der Waals surface area contributed by atoms with Gasteiger partial charge in [-0.15, -0.1) is 0 Å². The van der Waals surface area contributed by atoms with Crippen molar-refractivity contribution < 1.29 is 19.1 Å². The summed E-state index contributed by atoms with van der Waals surface area (Å²) in [5.41, 5.74) is 3.54. The molecule has 2 rings (SSSR count). The molecule has 1 heterocycles. The van der Waals surface area contributed by atoms with Crippen molar-refractivity contribution in [2.24, 2.45) is 0 Å². The van der Waals surface area contributed by atoms with Crippen LogP contribution in [0.3, 0.4) is 0 Å². The van der Waals surface area contributed by atoms with Gasteiger partial charge in [0, 0.05) is 23.5 Å². The Bertz CT molecular complexity index is 797. The normalized spacial score (nSPS) is 11.1. The fraction of sp³-hybridized carbons (Fsp3) is 0.429. The molecule has 146 valence electrons. The van der Waals surface area contributed by atoms with Gasteiger partial charge in [-0.25, -0.2) is 4.39 Å². The fourth-order valence-corrected chi connectivity index (χ4v) is 3.33. The molecule has 0 aliphatic carbocycles. The van der Waals surface area contributed by atoms with Gasteiger partial charge in [0.1, 0.15) is 5.82 Å². The van der Waals surface area contributed by atoms with Gasteiger partial charge in [-0.2, -0.15) is 0 Å². The lowest BCUT2D eigenvalue weighted by atomic mass is 10.1. The number of hydrogen-bond donors (Lipinski definition) is 1. The number of carbonyl (C=O) groups is 2. The van der Waals surface area contributed by atoms with Crippen LogP contribution in [0.25, 0.3) is 0 Å². The van der Waals surface area contributed by atoms with Gasteiger partial charge < -0.3 is 9.67 Å². The van der Waals surface area contributed by atoms with Crippen LogP contribution in [0.1, 0.15) is 40.7 Å². The molecule has 0 aliphatic heterocycles. The number of benzene rings is 1. The zero-order valence-electron chi connectivity index (χ0n) is 16.2. The first-order valence-corrected chi connectivity index (χ1v) is 9.20. The molecule has 2 aromatic rings. The van der Waals surface area contributed by atoms with Gasteiger partial charge in [0.2, 0.25) is 0 Å². The second-order valence-corrected chi connectivity index (χ2v) is 6.84. The lowest BCUT2D eigenvalue weighted by molar-refractivity contribution is -0.138. The quantitative estimate of drug-likeness (QED) is 0.647. The molecular formula is C21H27FN2O3. The Morgan fingerprint density at radius 1 is 1.15 bits per heavy atom. The summed E-state index contributed by atoms with van der Waals surface area (Å²) in [6, 6.07) is 8.30. The number of hydrogen-bond acceptors (Lipinski definition) is 3. The third-order valence-electron chi connectivity index (χ3n) is 4.68. The molecule has 6 heteroatoms. The van der Waals surface area contributed by atoms with Crippen molar-refractivity contribution in [3.05, 3.63) is 58.7 Å². The van der Waals surface area contributed by atoms with E-state index in [1.165, 1.54) is 12.1 Å². The van der Waals surface area contributed by atoms with Crippen LogP contribution in [-0.2, 0) is 17.8 Å². The van der Waals surface area contributed by atoms with Gasteiger partial charge in [0.15, 0.2) is 5.78 Å². The zero-order valence-corrected chi connectivity index (χ0v) is 16.2. The standard InChI is InChI=1S/C21H27FN2O3/c1-4-10-23(14-21(26)27)13-20(25)19-12-15(2)24(16(19)3)11-9-17-5-7-18(22)8-6-17/h5-8,12H,4,9-11,13-14H2,1-3H3,(H,26,27). The lowest BCUT2D eigenvalue weighted by Crippen LogP contribution is -2.35. The molecule has 0 bridgehead atoms. The number of carbonyl (C=O) groups excluding carboxylic acids is 1. The van der Waals surface area contributed by atoms with Crippen LogP contribution in [-0.4, -0.2) is 46.0 Å². The highest BCUT2D eigenvalue weighted by atomic mass is 19.1. The minimum Gasteiger partial charge on any atom is -0.480 e. The molecule has 27 heavy (non-hydrogen) atoms. The van der Waals surface area contributed by atoms with Gasteiger partial charge in [0.25, 0.3) is 0 Å². The van der Waals surface area contributed by atoms with E-state index in [0.717, 1.165) is 29.8 Å². The first-order valence-electron chi connectivity index (χ1n) is 9.20. The summed E-state index contributed by atoms with van der Waals surface area (Å²) in [7, 11) is 0. The van der Waals surface area contributed by atoms with E-state index in [2.05, 4.69) is 4.57 Å². The minimum absolute atomic E-state index is 0.0640. The van der Waals surface area contributed by atoms with Gasteiger partial charge >= 0.3 is 5.97 Å². The average molecular weight is 374 g/mol. The number of aryl methyl sites for hydroxylation is 2. The Balaban J connectivity index is 2.09. The summed E-state index contributed by atoms with van der Waals surface area (Å²) in [6.45, 7) is 7.05. The Kier molecular flexibility index (Phi) is 7.30. The maximum atomic E-state index is 13.0. The van der Waals surface area contributed by atoms with Crippen LogP contribution >= 0.6 is 0 Å². The SMILES string of the molecule is CCCN(CC(=O)O)CC(=O)c1cc(C)n(CCc2ccc(F)cc2)c1C. The number of Topliss-reactive ketones (excluding diaryl/α,β-unsaturated/α-hetero) is 1. The Morgan fingerprint density at radius 2 is 1.81 bits per heavy atom. The summed E-state index contributed by atoms with van der Waals surface area (Å²) in [6.07, 6.45) is 1.53. The smallest absolute Gasteiger partial charge is 0.317 e. The van der Waals surface area contributed by atoms with Crippen molar-refractivity contribution in [3.63, 3.8) is 0 Å². The first-order chi connectivity index (χ1) is 12.8. The first kappa shape index (κ1) is 20.8. The van der Waals surface area contributed by atoms with Crippen molar-refractivity contribution >= 4 is 11.8 Å². The van der Waals surface area contributed by atoms with E-state index >= 15 is 0 Å². The maximum Gasteiger partial charge on any atom is 0.317 e. The van der Waals surface area contributed by atoms with Gasteiger partial charge in [0.05, 0.1) is 13.1 Å². The molecule has 0 saturated heterocycles. The Labute approximate surface area is 159 Å². The summed E-state index contributed by atoms with van der Waals surface area (Å²) in [5.74, 6) is -1.25. The highest BCUT2D eigenvalue weighted by Crippen LogP contribution is 2.17. The highest BCUT2D eigenvalue weighted by molar-refractivity contribution is 5.99. The Morgan fingerprint density at radius 3 is 2.41 bits per heavy atom. The number of carboxylic acids is 1. The third-order valence-corrected chi connectivity index (χ3v) is 4.68. The molecular weight excluding hydrogens is 347 g/mol. The maximum absolute atomic E-state index is 13.0. The second-order valence-electron chi connectivity index (χ2n) is 6.84. The number of carboxylic acid groups (broad SMARTS) is 1. The molecule has 0 atom stereocenters. The molecule has 0 fully saturated rings. The van der Waals surface area contributed by atoms with Gasteiger partial charge in [-0.1, -0.05) is 19.1 Å². The van der Waals surface area contributed by atoms with E-state index in [1.54, 1.807) is 17.0 Å². The summed E-state index contributed by atoms with van der Waals surface area (Å²) < 4.78 is 15.1. The van der Waals surface area contributed by atoms with Crippen LogP contribution in [0.4, 0.5) is 4.39 Å². The van der Waals surface area contributed by atoms with Crippen molar-refractivity contribution in [2.45, 2.75) is 40.2 Å². The third kappa shape index (κ3) is 5.76. The van der Waals surface area contributed by atoms with E-state index in [9.17, 15) is 14.0 Å². The largest absolute Gasteiger partial charge is 0.480 e. The number of rotatable bonds is 10. The number of aliphatic carboxylic acids is 1. The zero-order chi connectivity index (χ0) is 20.0. The molecule has 0 saturated carbocycles. The van der Waals surface area contributed by atoms with E-state index in [-0.39, 0.29) is 24.7 Å². The highest BCUT2D eigenvalue weighted by Gasteiger charge is 2.19. The minimum atomic E-state index is -0.930. The number of nitrogens with zero attached hydrogens (tertiary/aromatic N) is 2. The van der Waals surface area contributed by atoms with Gasteiger partial charge in [-0.05, 0) is 57.0 Å². The van der Waals surface area contributed by atoms with Crippen LogP contribution in [0, 0.1) is 19.7 Å². The predicted octanol–water partition coefficient (Wildman–Crippen LogP) is 3.47. The van der Waals surface area contributed by atoms with Crippen molar-refractivity contribution in [3.8, 4) is 0 Å².